The van der Waals surface area contributed by atoms with Crippen LogP contribution in [0.3, 0.4) is 0 Å². The van der Waals surface area contributed by atoms with Crippen LogP contribution in [0.1, 0.15) is 26.3 Å². The van der Waals surface area contributed by atoms with Crippen LogP contribution in [0.4, 0.5) is 0 Å². The van der Waals surface area contributed by atoms with Crippen LogP contribution in [0, 0.1) is 6.92 Å². The van der Waals surface area contributed by atoms with Gasteiger partial charge >= 0.3 is 10.1 Å². The molecule has 2 amide bonds. The number of aryl methyl sites for hydroxylation is 1. The fourth-order valence-corrected chi connectivity index (χ4v) is 4.03. The molecule has 0 aliphatic carbocycles. The normalized spacial score (nSPS) is 13.9. The Bertz CT molecular complexity index is 1210. The standard InChI is InChI=1S/C20H15NO6S/c1-12-6-8-13(9-7-12)28(24,25)27-21-19(22)15-5-3-4-14-17(26-2)11-10-16(18(14)15)20(21)23/h3-11H,1-2H3. The second-order valence-electron chi connectivity index (χ2n) is 6.29. The first kappa shape index (κ1) is 18.1. The molecular formula is C20H15NO6S. The SMILES string of the molecule is COc1ccc2c3c(cccc13)C(=O)N(OS(=O)(=O)c1ccc(C)cc1)C2=O. The Hall–Kier alpha value is -3.23. The van der Waals surface area contributed by atoms with E-state index in [1.807, 2.05) is 0 Å². The average Bonchev–Trinajstić information content (AvgIpc) is 2.69. The van der Waals surface area contributed by atoms with E-state index < -0.39 is 21.9 Å². The van der Waals surface area contributed by atoms with E-state index in [1.165, 1.54) is 31.4 Å². The highest BCUT2D eigenvalue weighted by atomic mass is 32.2. The van der Waals surface area contributed by atoms with Crippen molar-refractivity contribution in [2.45, 2.75) is 11.8 Å². The van der Waals surface area contributed by atoms with Gasteiger partial charge in [0, 0.05) is 10.8 Å². The molecule has 1 aliphatic rings. The van der Waals surface area contributed by atoms with E-state index in [4.69, 9.17) is 9.02 Å². The molecule has 0 unspecified atom stereocenters. The number of hydrogen-bond donors (Lipinski definition) is 0. The molecule has 1 aliphatic heterocycles. The van der Waals surface area contributed by atoms with E-state index in [2.05, 4.69) is 0 Å². The molecule has 8 heteroatoms. The van der Waals surface area contributed by atoms with Gasteiger partial charge in [-0.2, -0.15) is 8.42 Å². The molecule has 0 saturated heterocycles. The van der Waals surface area contributed by atoms with E-state index in [-0.39, 0.29) is 16.0 Å². The van der Waals surface area contributed by atoms with Gasteiger partial charge in [0.15, 0.2) is 0 Å². The Morgan fingerprint density at radius 2 is 1.50 bits per heavy atom. The van der Waals surface area contributed by atoms with Crippen LogP contribution < -0.4 is 4.74 Å². The van der Waals surface area contributed by atoms with Crippen LogP contribution in [-0.2, 0) is 14.4 Å². The van der Waals surface area contributed by atoms with Crippen LogP contribution in [0.15, 0.2) is 59.5 Å². The minimum absolute atomic E-state index is 0.155. The first-order valence-electron chi connectivity index (χ1n) is 8.33. The summed E-state index contributed by atoms with van der Waals surface area (Å²) in [6.07, 6.45) is 0. The van der Waals surface area contributed by atoms with Crippen LogP contribution in [0.25, 0.3) is 10.8 Å². The topological polar surface area (TPSA) is 90.0 Å². The molecule has 7 nitrogen and oxygen atoms in total. The van der Waals surface area contributed by atoms with Gasteiger partial charge in [-0.15, -0.1) is 9.35 Å². The molecule has 0 N–H and O–H groups in total. The van der Waals surface area contributed by atoms with E-state index in [9.17, 15) is 18.0 Å². The van der Waals surface area contributed by atoms with Gasteiger partial charge in [-0.05, 0) is 37.3 Å². The number of carbonyl (C=O) groups excluding carboxylic acids is 2. The Labute approximate surface area is 161 Å². The van der Waals surface area contributed by atoms with Crippen molar-refractivity contribution in [3.05, 3.63) is 71.3 Å². The van der Waals surface area contributed by atoms with Crippen LogP contribution in [0.2, 0.25) is 0 Å². The van der Waals surface area contributed by atoms with Gasteiger partial charge in [0.25, 0.3) is 11.8 Å². The lowest BCUT2D eigenvalue weighted by Crippen LogP contribution is -2.41. The molecule has 0 aromatic heterocycles. The molecule has 0 fully saturated rings. The lowest BCUT2D eigenvalue weighted by atomic mass is 9.94. The van der Waals surface area contributed by atoms with E-state index in [0.29, 0.717) is 21.6 Å². The zero-order valence-corrected chi connectivity index (χ0v) is 15.8. The molecule has 0 bridgehead atoms. The maximum Gasteiger partial charge on any atom is 0.318 e. The number of nitrogens with zero attached hydrogens (tertiary/aromatic N) is 1. The van der Waals surface area contributed by atoms with Gasteiger partial charge in [0.05, 0.1) is 23.1 Å². The summed E-state index contributed by atoms with van der Waals surface area (Å²) in [5.74, 6) is -1.21. The molecule has 0 atom stereocenters. The van der Waals surface area contributed by atoms with E-state index in [0.717, 1.165) is 5.56 Å². The second kappa shape index (κ2) is 6.43. The molecule has 0 saturated carbocycles. The number of hydroxylamine groups is 2. The predicted molar refractivity (Wildman–Crippen MR) is 100 cm³/mol. The summed E-state index contributed by atoms with van der Waals surface area (Å²) >= 11 is 0. The van der Waals surface area contributed by atoms with Crippen molar-refractivity contribution in [1.82, 2.24) is 5.06 Å². The number of rotatable bonds is 4. The average molecular weight is 397 g/mol. The summed E-state index contributed by atoms with van der Waals surface area (Å²) in [5, 5.41) is 1.28. The van der Waals surface area contributed by atoms with Crippen LogP contribution in [-0.4, -0.2) is 32.4 Å². The van der Waals surface area contributed by atoms with Gasteiger partial charge < -0.3 is 4.74 Å². The highest BCUT2D eigenvalue weighted by molar-refractivity contribution is 7.86. The van der Waals surface area contributed by atoms with Crippen molar-refractivity contribution in [3.63, 3.8) is 0 Å². The molecule has 3 aromatic rings. The largest absolute Gasteiger partial charge is 0.496 e. The molecular weight excluding hydrogens is 382 g/mol. The van der Waals surface area contributed by atoms with E-state index in [1.54, 1.807) is 37.3 Å². The first-order valence-corrected chi connectivity index (χ1v) is 9.74. The molecule has 4 rings (SSSR count). The number of methoxy groups -OCH3 is 1. The highest BCUT2D eigenvalue weighted by Gasteiger charge is 2.38. The zero-order valence-electron chi connectivity index (χ0n) is 15.0. The Morgan fingerprint density at radius 1 is 0.857 bits per heavy atom. The van der Waals surface area contributed by atoms with Gasteiger partial charge in [0.2, 0.25) is 0 Å². The fourth-order valence-electron chi connectivity index (χ4n) is 3.14. The maximum absolute atomic E-state index is 12.9. The number of amides is 2. The van der Waals surface area contributed by atoms with Gasteiger partial charge in [-0.1, -0.05) is 29.8 Å². The number of hydrogen-bond acceptors (Lipinski definition) is 6. The monoisotopic (exact) mass is 397 g/mol. The van der Waals surface area contributed by atoms with E-state index >= 15 is 0 Å². The Kier molecular flexibility index (Phi) is 4.17. The Morgan fingerprint density at radius 3 is 2.14 bits per heavy atom. The quantitative estimate of drug-likeness (QED) is 0.629. The second-order valence-corrected chi connectivity index (χ2v) is 7.82. The van der Waals surface area contributed by atoms with Gasteiger partial charge in [-0.25, -0.2) is 0 Å². The minimum atomic E-state index is -4.37. The first-order chi connectivity index (χ1) is 13.3. The molecule has 28 heavy (non-hydrogen) atoms. The number of ether oxygens (including phenoxy) is 1. The fraction of sp³-hybridized carbons (Fsp3) is 0.100. The molecule has 3 aromatic carbocycles. The molecule has 142 valence electrons. The minimum Gasteiger partial charge on any atom is -0.496 e. The summed E-state index contributed by atoms with van der Waals surface area (Å²) < 4.78 is 35.4. The van der Waals surface area contributed by atoms with Crippen LogP contribution in [0.5, 0.6) is 5.75 Å². The molecule has 0 spiro atoms. The van der Waals surface area contributed by atoms with Crippen molar-refractivity contribution in [2.24, 2.45) is 0 Å². The summed E-state index contributed by atoms with van der Waals surface area (Å²) in [6, 6.07) is 13.8. The van der Waals surface area contributed by atoms with Gasteiger partial charge in [-0.3, -0.25) is 9.59 Å². The smallest absolute Gasteiger partial charge is 0.318 e. The summed E-state index contributed by atoms with van der Waals surface area (Å²) in [6.45, 7) is 1.81. The third-order valence-electron chi connectivity index (χ3n) is 4.53. The maximum atomic E-state index is 12.9. The van der Waals surface area contributed by atoms with Crippen molar-refractivity contribution < 1.29 is 27.0 Å². The van der Waals surface area contributed by atoms with Gasteiger partial charge in [0.1, 0.15) is 5.75 Å². The lowest BCUT2D eigenvalue weighted by Gasteiger charge is -2.25. The van der Waals surface area contributed by atoms with Crippen molar-refractivity contribution in [1.29, 1.82) is 0 Å². The third-order valence-corrected chi connectivity index (χ3v) is 5.73. The Balaban J connectivity index is 1.80. The summed E-state index contributed by atoms with van der Waals surface area (Å²) in [5.41, 5.74) is 1.17. The van der Waals surface area contributed by atoms with Crippen LogP contribution >= 0.6 is 0 Å². The molecule has 0 radical (unpaired) electrons. The zero-order chi connectivity index (χ0) is 20.1. The van der Waals surface area contributed by atoms with Crippen molar-refractivity contribution in [3.8, 4) is 5.75 Å². The van der Waals surface area contributed by atoms with Crippen molar-refractivity contribution >= 4 is 32.7 Å². The third kappa shape index (κ3) is 2.74. The summed E-state index contributed by atoms with van der Waals surface area (Å²) in [4.78, 5) is 25.5. The molecule has 1 heterocycles. The number of imide groups is 1. The number of carbonyl (C=O) groups is 2. The summed E-state index contributed by atoms with van der Waals surface area (Å²) in [7, 11) is -2.88. The number of benzene rings is 3. The van der Waals surface area contributed by atoms with Crippen molar-refractivity contribution in [2.75, 3.05) is 7.11 Å². The highest BCUT2D eigenvalue weighted by Crippen LogP contribution is 2.36. The predicted octanol–water partition coefficient (Wildman–Crippen LogP) is 3.07. The lowest BCUT2D eigenvalue weighted by molar-refractivity contribution is -0.0155.